The predicted octanol–water partition coefficient (Wildman–Crippen LogP) is 0.333. The topological polar surface area (TPSA) is 93.5 Å². The van der Waals surface area contributed by atoms with Crippen LogP contribution < -0.4 is 5.32 Å². The van der Waals surface area contributed by atoms with Gasteiger partial charge in [0.15, 0.2) is 0 Å². The second-order valence-electron chi connectivity index (χ2n) is 4.33. The van der Waals surface area contributed by atoms with Gasteiger partial charge in [-0.25, -0.2) is 0 Å². The van der Waals surface area contributed by atoms with Crippen LogP contribution >= 0.6 is 0 Å². The fraction of sp³-hybridized carbons (Fsp3) is 0.545. The Labute approximate surface area is 104 Å². The van der Waals surface area contributed by atoms with Gasteiger partial charge in [-0.15, -0.1) is 0 Å². The predicted molar refractivity (Wildman–Crippen MR) is 62.0 cm³/mol. The van der Waals surface area contributed by atoms with E-state index in [1.54, 1.807) is 18.0 Å². The first-order valence-corrected chi connectivity index (χ1v) is 5.65. The van der Waals surface area contributed by atoms with Gasteiger partial charge in [0.05, 0.1) is 25.0 Å². The van der Waals surface area contributed by atoms with Crippen LogP contribution in [0.3, 0.4) is 0 Å². The number of nitrogens with zero attached hydrogens (tertiary/aromatic N) is 2. The molecule has 0 spiro atoms. The number of ether oxygens (including phenoxy) is 1. The van der Waals surface area contributed by atoms with Gasteiger partial charge in [-0.1, -0.05) is 0 Å². The summed E-state index contributed by atoms with van der Waals surface area (Å²) in [7, 11) is 1.59. The number of hydrogen-bond acceptors (Lipinski definition) is 4. The summed E-state index contributed by atoms with van der Waals surface area (Å²) in [4.78, 5) is 22.8. The first-order chi connectivity index (χ1) is 8.58. The first kappa shape index (κ1) is 12.6. The summed E-state index contributed by atoms with van der Waals surface area (Å²) in [5.74, 6) is -1.53. The summed E-state index contributed by atoms with van der Waals surface area (Å²) in [5.41, 5.74) is -0.724. The molecule has 18 heavy (non-hydrogen) atoms. The third kappa shape index (κ3) is 2.35. The van der Waals surface area contributed by atoms with Crippen molar-refractivity contribution in [2.75, 3.05) is 19.0 Å². The van der Waals surface area contributed by atoms with Gasteiger partial charge in [0.2, 0.25) is 5.91 Å². The molecule has 2 rings (SSSR count). The molecule has 1 aliphatic carbocycles. The normalized spacial score (nSPS) is 16.3. The van der Waals surface area contributed by atoms with E-state index in [9.17, 15) is 9.59 Å². The van der Waals surface area contributed by atoms with Gasteiger partial charge < -0.3 is 15.2 Å². The van der Waals surface area contributed by atoms with Gasteiger partial charge in [-0.05, 0) is 12.8 Å². The van der Waals surface area contributed by atoms with Crippen molar-refractivity contribution in [1.82, 2.24) is 9.78 Å². The van der Waals surface area contributed by atoms with Gasteiger partial charge in [0, 0.05) is 13.3 Å². The second kappa shape index (κ2) is 4.77. The highest BCUT2D eigenvalue weighted by atomic mass is 16.5. The number of carboxylic acids is 1. The second-order valence-corrected chi connectivity index (χ2v) is 4.33. The highest BCUT2D eigenvalue weighted by Crippen LogP contribution is 2.46. The molecule has 1 saturated carbocycles. The van der Waals surface area contributed by atoms with Crippen LogP contribution in [0, 0.1) is 5.41 Å². The average Bonchev–Trinajstić information content (AvgIpc) is 3.04. The summed E-state index contributed by atoms with van der Waals surface area (Å²) in [6.45, 7) is 1.10. The Bertz CT molecular complexity index is 465. The number of methoxy groups -OCH3 is 1. The molecule has 1 heterocycles. The van der Waals surface area contributed by atoms with E-state index >= 15 is 0 Å². The minimum atomic E-state index is -1.23. The number of rotatable bonds is 6. The maximum atomic E-state index is 11.8. The minimum absolute atomic E-state index is 0.395. The van der Waals surface area contributed by atoms with Crippen LogP contribution in [0.1, 0.15) is 12.8 Å². The molecule has 7 heteroatoms. The maximum absolute atomic E-state index is 11.8. The van der Waals surface area contributed by atoms with E-state index in [2.05, 4.69) is 10.4 Å². The first-order valence-electron chi connectivity index (χ1n) is 5.65. The van der Waals surface area contributed by atoms with Crippen molar-refractivity contribution in [2.45, 2.75) is 19.4 Å². The lowest BCUT2D eigenvalue weighted by Gasteiger charge is -2.08. The number of aromatic nitrogens is 2. The quantitative estimate of drug-likeness (QED) is 0.713. The molecule has 1 aliphatic rings. The number of carboxylic acid groups (broad SMARTS) is 1. The summed E-state index contributed by atoms with van der Waals surface area (Å²) >= 11 is 0. The van der Waals surface area contributed by atoms with E-state index in [0.29, 0.717) is 31.7 Å². The van der Waals surface area contributed by atoms with E-state index in [4.69, 9.17) is 9.84 Å². The Morgan fingerprint density at radius 3 is 2.89 bits per heavy atom. The Balaban J connectivity index is 1.95. The molecule has 0 atom stereocenters. The molecule has 0 unspecified atom stereocenters. The van der Waals surface area contributed by atoms with Crippen LogP contribution in [0.2, 0.25) is 0 Å². The van der Waals surface area contributed by atoms with E-state index in [1.165, 1.54) is 6.20 Å². The molecule has 0 radical (unpaired) electrons. The zero-order valence-electron chi connectivity index (χ0n) is 10.0. The molecule has 0 aromatic carbocycles. The summed E-state index contributed by atoms with van der Waals surface area (Å²) < 4.78 is 6.53. The molecule has 0 aliphatic heterocycles. The number of hydrogen-bond donors (Lipinski definition) is 2. The third-order valence-corrected chi connectivity index (χ3v) is 3.01. The monoisotopic (exact) mass is 253 g/mol. The van der Waals surface area contributed by atoms with Crippen LogP contribution in [-0.2, 0) is 20.9 Å². The number of carbonyl (C=O) groups is 2. The van der Waals surface area contributed by atoms with Crippen LogP contribution in [0.15, 0.2) is 12.4 Å². The number of amides is 1. The van der Waals surface area contributed by atoms with E-state index in [1.807, 2.05) is 0 Å². The van der Waals surface area contributed by atoms with Crippen molar-refractivity contribution in [3.8, 4) is 0 Å². The molecule has 0 bridgehead atoms. The molecular formula is C11H15N3O4. The van der Waals surface area contributed by atoms with Gasteiger partial charge in [-0.2, -0.15) is 5.10 Å². The zero-order chi connectivity index (χ0) is 13.2. The van der Waals surface area contributed by atoms with E-state index in [-0.39, 0.29) is 0 Å². The van der Waals surface area contributed by atoms with Gasteiger partial charge in [-0.3, -0.25) is 14.3 Å². The van der Waals surface area contributed by atoms with Crippen molar-refractivity contribution in [3.63, 3.8) is 0 Å². The molecule has 1 amide bonds. The Kier molecular flexibility index (Phi) is 3.33. The summed E-state index contributed by atoms with van der Waals surface area (Å²) in [6.07, 6.45) is 3.93. The molecule has 1 aromatic rings. The molecule has 7 nitrogen and oxygen atoms in total. The van der Waals surface area contributed by atoms with Gasteiger partial charge >= 0.3 is 5.97 Å². The molecule has 1 aromatic heterocycles. The van der Waals surface area contributed by atoms with Crippen LogP contribution in [0.5, 0.6) is 0 Å². The number of carbonyl (C=O) groups excluding carboxylic acids is 1. The Morgan fingerprint density at radius 2 is 2.33 bits per heavy atom. The van der Waals surface area contributed by atoms with Gasteiger partial charge in [0.25, 0.3) is 0 Å². The fourth-order valence-electron chi connectivity index (χ4n) is 1.65. The lowest BCUT2D eigenvalue weighted by molar-refractivity contribution is -0.147. The van der Waals surface area contributed by atoms with E-state index in [0.717, 1.165) is 0 Å². The van der Waals surface area contributed by atoms with Crippen LogP contribution in [0.25, 0.3) is 0 Å². The number of nitrogens with one attached hydrogen (secondary N) is 1. The van der Waals surface area contributed by atoms with Gasteiger partial charge in [0.1, 0.15) is 5.41 Å². The Morgan fingerprint density at radius 1 is 1.61 bits per heavy atom. The van der Waals surface area contributed by atoms with Crippen molar-refractivity contribution in [2.24, 2.45) is 5.41 Å². The van der Waals surface area contributed by atoms with Crippen molar-refractivity contribution in [1.29, 1.82) is 0 Å². The highest BCUT2D eigenvalue weighted by molar-refractivity contribution is 6.10. The van der Waals surface area contributed by atoms with Crippen molar-refractivity contribution >= 4 is 17.6 Å². The van der Waals surface area contributed by atoms with E-state index < -0.39 is 17.3 Å². The number of aliphatic carboxylic acids is 1. The minimum Gasteiger partial charge on any atom is -0.480 e. The SMILES string of the molecule is COCCn1cc(NC(=O)C2(C(=O)O)CC2)cn1. The molecule has 1 fully saturated rings. The molecule has 0 saturated heterocycles. The van der Waals surface area contributed by atoms with Crippen molar-refractivity contribution < 1.29 is 19.4 Å². The largest absolute Gasteiger partial charge is 0.480 e. The highest BCUT2D eigenvalue weighted by Gasteiger charge is 2.57. The summed E-state index contributed by atoms with van der Waals surface area (Å²) in [5, 5.41) is 15.6. The molecule has 2 N–H and O–H groups in total. The summed E-state index contributed by atoms with van der Waals surface area (Å²) in [6, 6.07) is 0. The average molecular weight is 253 g/mol. The lowest BCUT2D eigenvalue weighted by atomic mass is 10.1. The third-order valence-electron chi connectivity index (χ3n) is 3.01. The number of anilines is 1. The standard InChI is InChI=1S/C11H15N3O4/c1-18-5-4-14-7-8(6-12-14)13-9(15)11(2-3-11)10(16)17/h6-7H,2-5H2,1H3,(H,13,15)(H,16,17). The van der Waals surface area contributed by atoms with Crippen LogP contribution in [-0.4, -0.2) is 40.5 Å². The molecule has 98 valence electrons. The Hall–Kier alpha value is -1.89. The lowest BCUT2D eigenvalue weighted by Crippen LogP contribution is -2.31. The smallest absolute Gasteiger partial charge is 0.319 e. The molecular weight excluding hydrogens is 238 g/mol. The zero-order valence-corrected chi connectivity index (χ0v) is 10.0. The van der Waals surface area contributed by atoms with Crippen molar-refractivity contribution in [3.05, 3.63) is 12.4 Å². The maximum Gasteiger partial charge on any atom is 0.319 e. The fourth-order valence-corrected chi connectivity index (χ4v) is 1.65. The van der Waals surface area contributed by atoms with Crippen LogP contribution in [0.4, 0.5) is 5.69 Å².